The van der Waals surface area contributed by atoms with Crippen molar-refractivity contribution >= 4 is 22.7 Å². The lowest BCUT2D eigenvalue weighted by Crippen LogP contribution is -2.55. The number of piperazine rings is 1. The fourth-order valence-electron chi connectivity index (χ4n) is 6.93. The van der Waals surface area contributed by atoms with Gasteiger partial charge in [0.25, 0.3) is 0 Å². The molecule has 1 unspecified atom stereocenters. The number of benzene rings is 2. The van der Waals surface area contributed by atoms with Crippen LogP contribution in [-0.2, 0) is 17.6 Å². The summed E-state index contributed by atoms with van der Waals surface area (Å²) in [6, 6.07) is 12.9. The largest absolute Gasteiger partial charge is 0.508 e. The Morgan fingerprint density at radius 3 is 2.65 bits per heavy atom. The predicted molar refractivity (Wildman–Crippen MR) is 168 cm³/mol. The van der Waals surface area contributed by atoms with Crippen LogP contribution < -0.4 is 9.64 Å². The molecule has 0 saturated carbocycles. The molecule has 1 amide bonds. The van der Waals surface area contributed by atoms with Gasteiger partial charge in [0.2, 0.25) is 0 Å². The number of aromatic nitrogens is 2. The second-order valence-corrected chi connectivity index (χ2v) is 13.5. The van der Waals surface area contributed by atoms with Crippen LogP contribution in [0.25, 0.3) is 10.8 Å². The molecule has 9 heteroatoms. The van der Waals surface area contributed by atoms with Gasteiger partial charge in [0.15, 0.2) is 0 Å². The van der Waals surface area contributed by atoms with Crippen molar-refractivity contribution in [1.82, 2.24) is 19.8 Å². The maximum absolute atomic E-state index is 12.8. The quantitative estimate of drug-likeness (QED) is 0.417. The van der Waals surface area contributed by atoms with Gasteiger partial charge in [-0.25, -0.2) is 4.79 Å². The number of anilines is 1. The first-order valence-electron chi connectivity index (χ1n) is 15.7. The lowest BCUT2D eigenvalue weighted by molar-refractivity contribution is 0.0218. The first-order chi connectivity index (χ1) is 20.6. The van der Waals surface area contributed by atoms with Crippen molar-refractivity contribution in [3.05, 3.63) is 53.2 Å². The number of likely N-dealkylation sites (tertiary alicyclic amines) is 1. The van der Waals surface area contributed by atoms with Crippen molar-refractivity contribution in [3.8, 4) is 11.8 Å². The highest BCUT2D eigenvalue weighted by molar-refractivity contribution is 5.87. The number of ether oxygens (including phenoxy) is 2. The smallest absolute Gasteiger partial charge is 0.410 e. The fourth-order valence-corrected chi connectivity index (χ4v) is 6.93. The zero-order valence-corrected chi connectivity index (χ0v) is 26.2. The number of phenols is 1. The lowest BCUT2D eigenvalue weighted by atomic mass is 9.80. The molecule has 3 aromatic rings. The Hall–Kier alpha value is -3.59. The molecule has 3 aliphatic rings. The van der Waals surface area contributed by atoms with Crippen LogP contribution >= 0.6 is 0 Å². The maximum Gasteiger partial charge on any atom is 0.410 e. The standard InChI is InChI=1S/C34H45N5O4/c1-22-20-38(33(41)43-34(2,3)4)15-16-39(22)31-28-13-12-24(29-19-26(40)17-23-9-6-7-11-27(23)29)18-30(28)35-32(36-31)42-21-25-10-8-14-37(25)5/h6-7,9,11,17,19,22,24-25,40H,8,10,12-16,18,20-21H2,1-5H3/t22-,24?,25-/m0/s1. The fraction of sp³-hybridized carbons (Fsp3) is 0.559. The molecule has 2 fully saturated rings. The number of fused-ring (bicyclic) bond motifs is 2. The van der Waals surface area contributed by atoms with Crippen LogP contribution in [0.15, 0.2) is 36.4 Å². The van der Waals surface area contributed by atoms with E-state index in [1.807, 2.05) is 39.0 Å². The van der Waals surface area contributed by atoms with E-state index in [0.717, 1.165) is 54.7 Å². The van der Waals surface area contributed by atoms with Crippen molar-refractivity contribution in [3.63, 3.8) is 0 Å². The summed E-state index contributed by atoms with van der Waals surface area (Å²) in [4.78, 5) is 29.4. The van der Waals surface area contributed by atoms with E-state index in [-0.39, 0.29) is 18.1 Å². The molecule has 6 rings (SSSR count). The number of likely N-dealkylation sites (N-methyl/N-ethyl adjacent to an activating group) is 1. The highest BCUT2D eigenvalue weighted by atomic mass is 16.6. The van der Waals surface area contributed by atoms with E-state index >= 15 is 0 Å². The molecule has 1 aromatic heterocycles. The molecule has 2 saturated heterocycles. The number of carbonyl (C=O) groups excluding carboxylic acids is 1. The van der Waals surface area contributed by atoms with E-state index in [0.29, 0.717) is 44.0 Å². The summed E-state index contributed by atoms with van der Waals surface area (Å²) in [5.74, 6) is 1.45. The third-order valence-electron chi connectivity index (χ3n) is 9.18. The Labute approximate surface area is 254 Å². The Morgan fingerprint density at radius 2 is 1.91 bits per heavy atom. The van der Waals surface area contributed by atoms with E-state index in [9.17, 15) is 9.90 Å². The maximum atomic E-state index is 12.8. The first-order valence-corrected chi connectivity index (χ1v) is 15.7. The summed E-state index contributed by atoms with van der Waals surface area (Å²) in [7, 11) is 2.15. The molecular formula is C34H45N5O4. The van der Waals surface area contributed by atoms with Gasteiger partial charge in [-0.3, -0.25) is 0 Å². The summed E-state index contributed by atoms with van der Waals surface area (Å²) in [6.07, 6.45) is 4.56. The predicted octanol–water partition coefficient (Wildman–Crippen LogP) is 5.53. The van der Waals surface area contributed by atoms with Crippen LogP contribution in [-0.4, -0.2) is 88.5 Å². The monoisotopic (exact) mass is 587 g/mol. The third kappa shape index (κ3) is 6.37. The van der Waals surface area contributed by atoms with Gasteiger partial charge in [-0.15, -0.1) is 0 Å². The lowest BCUT2D eigenvalue weighted by Gasteiger charge is -2.42. The minimum absolute atomic E-state index is 0.0572. The van der Waals surface area contributed by atoms with Crippen LogP contribution in [0.1, 0.15) is 69.7 Å². The van der Waals surface area contributed by atoms with Crippen molar-refractivity contribution in [2.45, 2.75) is 83.4 Å². The number of aromatic hydroxyl groups is 1. The van der Waals surface area contributed by atoms with Crippen LogP contribution in [0.2, 0.25) is 0 Å². The van der Waals surface area contributed by atoms with Gasteiger partial charge in [-0.2, -0.15) is 9.97 Å². The third-order valence-corrected chi connectivity index (χ3v) is 9.18. The SMILES string of the molecule is C[C@H]1CN(C(=O)OC(C)(C)C)CCN1c1nc(OC[C@@H]2CCCN2C)nc2c1CCC(c1cc(O)cc3ccccc13)C2. The average molecular weight is 588 g/mol. The van der Waals surface area contributed by atoms with Gasteiger partial charge >= 0.3 is 12.1 Å². The molecule has 43 heavy (non-hydrogen) atoms. The number of rotatable bonds is 5. The van der Waals surface area contributed by atoms with Gasteiger partial charge in [0.05, 0.1) is 5.69 Å². The Morgan fingerprint density at radius 1 is 1.09 bits per heavy atom. The summed E-state index contributed by atoms with van der Waals surface area (Å²) >= 11 is 0. The molecule has 230 valence electrons. The molecule has 3 atom stereocenters. The summed E-state index contributed by atoms with van der Waals surface area (Å²) < 4.78 is 12.0. The molecule has 3 heterocycles. The van der Waals surface area contributed by atoms with Gasteiger partial charge in [-0.05, 0) is 108 Å². The van der Waals surface area contributed by atoms with Crippen molar-refractivity contribution < 1.29 is 19.4 Å². The normalized spacial score (nSPS) is 23.0. The van der Waals surface area contributed by atoms with Gasteiger partial charge in [0, 0.05) is 37.3 Å². The van der Waals surface area contributed by atoms with Gasteiger partial charge in [-0.1, -0.05) is 24.3 Å². The van der Waals surface area contributed by atoms with Crippen molar-refractivity contribution in [2.75, 3.05) is 44.7 Å². The number of amides is 1. The molecule has 0 spiro atoms. The minimum Gasteiger partial charge on any atom is -0.508 e. The summed E-state index contributed by atoms with van der Waals surface area (Å²) in [5, 5.41) is 12.8. The summed E-state index contributed by atoms with van der Waals surface area (Å²) in [5.41, 5.74) is 2.82. The number of hydrogen-bond acceptors (Lipinski definition) is 8. The van der Waals surface area contributed by atoms with Crippen LogP contribution in [0.5, 0.6) is 11.8 Å². The Kier molecular flexibility index (Phi) is 8.11. The highest BCUT2D eigenvalue weighted by Crippen LogP contribution is 2.41. The second kappa shape index (κ2) is 11.8. The second-order valence-electron chi connectivity index (χ2n) is 13.5. The van der Waals surface area contributed by atoms with Gasteiger partial charge < -0.3 is 29.3 Å². The summed E-state index contributed by atoms with van der Waals surface area (Å²) in [6.45, 7) is 11.3. The molecule has 0 radical (unpaired) electrons. The van der Waals surface area contributed by atoms with E-state index in [2.05, 4.69) is 42.0 Å². The minimum atomic E-state index is -0.528. The van der Waals surface area contributed by atoms with E-state index in [4.69, 9.17) is 19.4 Å². The van der Waals surface area contributed by atoms with E-state index in [1.165, 1.54) is 17.4 Å². The van der Waals surface area contributed by atoms with E-state index in [1.54, 1.807) is 4.90 Å². The zero-order valence-electron chi connectivity index (χ0n) is 26.2. The highest BCUT2D eigenvalue weighted by Gasteiger charge is 2.35. The Bertz CT molecular complexity index is 1490. The molecule has 1 N–H and O–H groups in total. The number of carbonyl (C=O) groups is 1. The number of phenolic OH excluding ortho intramolecular Hbond substituents is 1. The van der Waals surface area contributed by atoms with Crippen LogP contribution in [0.3, 0.4) is 0 Å². The number of hydrogen-bond donors (Lipinski definition) is 1. The number of nitrogens with zero attached hydrogens (tertiary/aromatic N) is 5. The topological polar surface area (TPSA) is 91.3 Å². The molecule has 0 bridgehead atoms. The van der Waals surface area contributed by atoms with E-state index < -0.39 is 5.60 Å². The van der Waals surface area contributed by atoms with Crippen LogP contribution in [0, 0.1) is 0 Å². The average Bonchev–Trinajstić information content (AvgIpc) is 3.38. The molecule has 2 aromatic carbocycles. The molecule has 9 nitrogen and oxygen atoms in total. The molecule has 2 aliphatic heterocycles. The van der Waals surface area contributed by atoms with Crippen molar-refractivity contribution in [1.29, 1.82) is 0 Å². The molecule has 1 aliphatic carbocycles. The Balaban J connectivity index is 1.30. The zero-order chi connectivity index (χ0) is 30.3. The van der Waals surface area contributed by atoms with Gasteiger partial charge in [0.1, 0.15) is 23.8 Å². The van der Waals surface area contributed by atoms with Crippen LogP contribution in [0.4, 0.5) is 10.6 Å². The molecular weight excluding hydrogens is 542 g/mol. The van der Waals surface area contributed by atoms with Crippen molar-refractivity contribution in [2.24, 2.45) is 0 Å². The first kappa shape index (κ1) is 29.5.